The van der Waals surface area contributed by atoms with Gasteiger partial charge in [0.25, 0.3) is 0 Å². The van der Waals surface area contributed by atoms with Gasteiger partial charge in [0.05, 0.1) is 6.61 Å². The zero-order valence-electron chi connectivity index (χ0n) is 16.2. The molecule has 0 fully saturated rings. The maximum absolute atomic E-state index is 14.5. The highest BCUT2D eigenvalue weighted by atomic mass is 19.1. The van der Waals surface area contributed by atoms with Gasteiger partial charge in [0.2, 0.25) is 0 Å². The summed E-state index contributed by atoms with van der Waals surface area (Å²) in [5.74, 6) is -0.131. The average molecular weight is 378 g/mol. The SMILES string of the molecule is CCOc1ccc(C=Cc2c(F)cc(C[C@@H](C)c3ccccc3)cc2F)cc1. The third-order valence-corrected chi connectivity index (χ3v) is 4.68. The molecule has 0 aliphatic heterocycles. The summed E-state index contributed by atoms with van der Waals surface area (Å²) >= 11 is 0. The summed E-state index contributed by atoms with van der Waals surface area (Å²) in [7, 11) is 0. The largest absolute Gasteiger partial charge is 0.494 e. The van der Waals surface area contributed by atoms with Gasteiger partial charge in [-0.05, 0) is 66.3 Å². The van der Waals surface area contributed by atoms with Gasteiger partial charge in [-0.15, -0.1) is 0 Å². The zero-order chi connectivity index (χ0) is 19.9. The lowest BCUT2D eigenvalue weighted by Gasteiger charge is -2.13. The van der Waals surface area contributed by atoms with Gasteiger partial charge in [0.15, 0.2) is 0 Å². The molecule has 0 aromatic heterocycles. The minimum Gasteiger partial charge on any atom is -0.494 e. The predicted molar refractivity (Wildman–Crippen MR) is 111 cm³/mol. The first-order valence-electron chi connectivity index (χ1n) is 9.50. The second-order valence-electron chi connectivity index (χ2n) is 6.82. The molecule has 0 saturated heterocycles. The molecule has 1 nitrogen and oxygen atoms in total. The second-order valence-corrected chi connectivity index (χ2v) is 6.82. The fourth-order valence-corrected chi connectivity index (χ4v) is 3.19. The molecule has 0 unspecified atom stereocenters. The first-order valence-corrected chi connectivity index (χ1v) is 9.50. The number of hydrogen-bond acceptors (Lipinski definition) is 1. The molecule has 3 aromatic carbocycles. The van der Waals surface area contributed by atoms with E-state index in [9.17, 15) is 8.78 Å². The van der Waals surface area contributed by atoms with Crippen LogP contribution in [0.5, 0.6) is 5.75 Å². The fourth-order valence-electron chi connectivity index (χ4n) is 3.19. The Morgan fingerprint density at radius 2 is 1.54 bits per heavy atom. The molecule has 0 heterocycles. The Morgan fingerprint density at radius 3 is 2.14 bits per heavy atom. The van der Waals surface area contributed by atoms with Gasteiger partial charge in [-0.2, -0.15) is 0 Å². The molecule has 1 atom stereocenters. The van der Waals surface area contributed by atoms with Crippen LogP contribution < -0.4 is 4.74 Å². The molecular formula is C25H24F2O. The van der Waals surface area contributed by atoms with Gasteiger partial charge >= 0.3 is 0 Å². The summed E-state index contributed by atoms with van der Waals surface area (Å²) in [5, 5.41) is 0. The molecule has 0 N–H and O–H groups in total. The van der Waals surface area contributed by atoms with Crippen molar-refractivity contribution in [3.05, 3.63) is 101 Å². The summed E-state index contributed by atoms with van der Waals surface area (Å²) in [6, 6.07) is 20.2. The van der Waals surface area contributed by atoms with E-state index >= 15 is 0 Å². The highest BCUT2D eigenvalue weighted by molar-refractivity contribution is 5.70. The van der Waals surface area contributed by atoms with Gasteiger partial charge in [-0.25, -0.2) is 8.78 Å². The van der Waals surface area contributed by atoms with Crippen LogP contribution in [0.4, 0.5) is 8.78 Å². The minimum atomic E-state index is -0.544. The van der Waals surface area contributed by atoms with Gasteiger partial charge in [0, 0.05) is 5.56 Å². The molecule has 3 aromatic rings. The zero-order valence-corrected chi connectivity index (χ0v) is 16.2. The Bertz CT molecular complexity index is 908. The van der Waals surface area contributed by atoms with E-state index in [-0.39, 0.29) is 11.5 Å². The van der Waals surface area contributed by atoms with Crippen LogP contribution in [0.25, 0.3) is 12.2 Å². The summed E-state index contributed by atoms with van der Waals surface area (Å²) < 4.78 is 34.4. The van der Waals surface area contributed by atoms with Gasteiger partial charge < -0.3 is 4.74 Å². The van der Waals surface area contributed by atoms with Crippen molar-refractivity contribution in [2.24, 2.45) is 0 Å². The van der Waals surface area contributed by atoms with Crippen LogP contribution in [-0.4, -0.2) is 6.61 Å². The maximum atomic E-state index is 14.5. The van der Waals surface area contributed by atoms with Gasteiger partial charge in [-0.3, -0.25) is 0 Å². The van der Waals surface area contributed by atoms with Crippen molar-refractivity contribution in [2.45, 2.75) is 26.2 Å². The number of benzene rings is 3. The average Bonchev–Trinajstić information content (AvgIpc) is 2.69. The van der Waals surface area contributed by atoms with Crippen molar-refractivity contribution in [1.29, 1.82) is 0 Å². The van der Waals surface area contributed by atoms with Crippen LogP contribution in [0.3, 0.4) is 0 Å². The van der Waals surface area contributed by atoms with Crippen molar-refractivity contribution in [2.75, 3.05) is 6.61 Å². The molecule has 0 bridgehead atoms. The van der Waals surface area contributed by atoms with Gasteiger partial charge in [0.1, 0.15) is 17.4 Å². The van der Waals surface area contributed by atoms with E-state index in [0.29, 0.717) is 18.6 Å². The fraction of sp³-hybridized carbons (Fsp3) is 0.200. The van der Waals surface area contributed by atoms with E-state index in [1.54, 1.807) is 6.08 Å². The predicted octanol–water partition coefficient (Wildman–Crippen LogP) is 6.88. The highest BCUT2D eigenvalue weighted by Crippen LogP contribution is 2.24. The van der Waals surface area contributed by atoms with Gasteiger partial charge in [-0.1, -0.05) is 55.5 Å². The third-order valence-electron chi connectivity index (χ3n) is 4.68. The topological polar surface area (TPSA) is 9.23 Å². The van der Waals surface area contributed by atoms with Crippen molar-refractivity contribution in [1.82, 2.24) is 0 Å². The minimum absolute atomic E-state index is 0.0231. The van der Waals surface area contributed by atoms with Crippen LogP contribution >= 0.6 is 0 Å². The first kappa shape index (κ1) is 19.8. The number of hydrogen-bond donors (Lipinski definition) is 0. The summed E-state index contributed by atoms with van der Waals surface area (Å²) in [4.78, 5) is 0. The van der Waals surface area contributed by atoms with Crippen molar-refractivity contribution in [3.63, 3.8) is 0 Å². The molecule has 144 valence electrons. The molecule has 0 spiro atoms. The highest BCUT2D eigenvalue weighted by Gasteiger charge is 2.12. The van der Waals surface area contributed by atoms with Crippen LogP contribution in [0.2, 0.25) is 0 Å². The van der Waals surface area contributed by atoms with Crippen molar-refractivity contribution in [3.8, 4) is 5.75 Å². The molecule has 0 aliphatic carbocycles. The molecule has 0 radical (unpaired) electrons. The third kappa shape index (κ3) is 5.07. The van der Waals surface area contributed by atoms with Crippen LogP contribution in [0.1, 0.15) is 42.0 Å². The lowest BCUT2D eigenvalue weighted by Crippen LogP contribution is -2.01. The Hall–Kier alpha value is -2.94. The maximum Gasteiger partial charge on any atom is 0.133 e. The van der Waals surface area contributed by atoms with E-state index in [4.69, 9.17) is 4.74 Å². The number of ether oxygens (including phenoxy) is 1. The van der Waals surface area contributed by atoms with Crippen LogP contribution in [0.15, 0.2) is 66.7 Å². The molecule has 0 aliphatic rings. The molecule has 28 heavy (non-hydrogen) atoms. The van der Waals surface area contributed by atoms with E-state index in [1.807, 2.05) is 61.5 Å². The standard InChI is InChI=1S/C25H24F2O/c1-3-28-22-12-9-19(10-13-22)11-14-23-24(26)16-20(17-25(23)27)15-18(2)21-7-5-4-6-8-21/h4-14,16-18H,3,15H2,1-2H3/t18-/m1/s1. The Balaban J connectivity index is 1.74. The van der Waals surface area contributed by atoms with E-state index in [1.165, 1.54) is 18.2 Å². The van der Waals surface area contributed by atoms with Crippen molar-refractivity contribution < 1.29 is 13.5 Å². The quantitative estimate of drug-likeness (QED) is 0.407. The first-order chi connectivity index (χ1) is 13.6. The van der Waals surface area contributed by atoms with E-state index < -0.39 is 11.6 Å². The smallest absolute Gasteiger partial charge is 0.133 e. The van der Waals surface area contributed by atoms with Crippen LogP contribution in [0, 0.1) is 11.6 Å². The molecule has 0 amide bonds. The molecular weight excluding hydrogens is 354 g/mol. The van der Waals surface area contributed by atoms with Crippen LogP contribution in [-0.2, 0) is 6.42 Å². The Labute approximate surface area is 165 Å². The Morgan fingerprint density at radius 1 is 0.893 bits per heavy atom. The Kier molecular flexibility index (Phi) is 6.59. The monoisotopic (exact) mass is 378 g/mol. The number of halogens is 2. The number of rotatable bonds is 7. The summed E-state index contributed by atoms with van der Waals surface area (Å²) in [6.45, 7) is 4.58. The summed E-state index contributed by atoms with van der Waals surface area (Å²) in [6.07, 6.45) is 3.76. The molecule has 3 rings (SSSR count). The lowest BCUT2D eigenvalue weighted by atomic mass is 9.93. The lowest BCUT2D eigenvalue weighted by molar-refractivity contribution is 0.340. The normalized spacial score (nSPS) is 12.3. The summed E-state index contributed by atoms with van der Waals surface area (Å²) in [5.41, 5.74) is 2.64. The van der Waals surface area contributed by atoms with Crippen molar-refractivity contribution >= 4 is 12.2 Å². The van der Waals surface area contributed by atoms with E-state index in [2.05, 4.69) is 6.92 Å². The second kappa shape index (κ2) is 9.32. The van der Waals surface area contributed by atoms with E-state index in [0.717, 1.165) is 16.9 Å². The molecule has 3 heteroatoms. The molecule has 0 saturated carbocycles.